The highest BCUT2D eigenvalue weighted by Gasteiger charge is 2.05. The van der Waals surface area contributed by atoms with Crippen molar-refractivity contribution in [1.29, 1.82) is 5.26 Å². The summed E-state index contributed by atoms with van der Waals surface area (Å²) < 4.78 is 5.69. The van der Waals surface area contributed by atoms with Gasteiger partial charge in [-0.05, 0) is 42.7 Å². The van der Waals surface area contributed by atoms with Crippen LogP contribution in [0, 0.1) is 24.2 Å². The summed E-state index contributed by atoms with van der Waals surface area (Å²) in [7, 11) is 0. The van der Waals surface area contributed by atoms with Gasteiger partial charge in [-0.15, -0.1) is 0 Å². The second kappa shape index (κ2) is 5.05. The Labute approximate surface area is 107 Å². The Hall–Kier alpha value is -2.08. The van der Waals surface area contributed by atoms with Gasteiger partial charge in [-0.2, -0.15) is 5.26 Å². The maximum Gasteiger partial charge on any atom is 0.141 e. The molecule has 0 unspecified atom stereocenters. The molecule has 0 fully saturated rings. The fraction of sp³-hybridized carbons (Fsp3) is 0.333. The van der Waals surface area contributed by atoms with Crippen molar-refractivity contribution in [1.82, 2.24) is 4.98 Å². The Kier molecular flexibility index (Phi) is 3.47. The monoisotopic (exact) mass is 240 g/mol. The summed E-state index contributed by atoms with van der Waals surface area (Å²) in [5, 5.41) is 9.92. The van der Waals surface area contributed by atoms with Gasteiger partial charge < -0.3 is 4.74 Å². The van der Waals surface area contributed by atoms with Crippen molar-refractivity contribution < 1.29 is 4.74 Å². The van der Waals surface area contributed by atoms with E-state index in [1.54, 1.807) is 6.07 Å². The van der Waals surface area contributed by atoms with Crippen molar-refractivity contribution >= 4 is 10.9 Å². The molecular weight excluding hydrogens is 224 g/mol. The quantitative estimate of drug-likeness (QED) is 0.825. The molecule has 3 heteroatoms. The smallest absolute Gasteiger partial charge is 0.141 e. The first-order valence-corrected chi connectivity index (χ1v) is 6.04. The molecule has 0 bridgehead atoms. The van der Waals surface area contributed by atoms with Crippen molar-refractivity contribution in [2.24, 2.45) is 5.92 Å². The number of benzene rings is 1. The van der Waals surface area contributed by atoms with E-state index in [4.69, 9.17) is 10.00 Å². The molecule has 0 atom stereocenters. The zero-order valence-corrected chi connectivity index (χ0v) is 10.9. The summed E-state index contributed by atoms with van der Waals surface area (Å²) in [5.41, 5.74) is 2.34. The molecule has 0 spiro atoms. The zero-order chi connectivity index (χ0) is 13.1. The van der Waals surface area contributed by atoms with Crippen LogP contribution < -0.4 is 4.74 Å². The fourth-order valence-electron chi connectivity index (χ4n) is 1.78. The van der Waals surface area contributed by atoms with Gasteiger partial charge in [0, 0.05) is 5.39 Å². The van der Waals surface area contributed by atoms with E-state index in [-0.39, 0.29) is 0 Å². The molecule has 92 valence electrons. The Morgan fingerprint density at radius 3 is 2.78 bits per heavy atom. The van der Waals surface area contributed by atoms with E-state index in [0.717, 1.165) is 22.2 Å². The highest BCUT2D eigenvalue weighted by Crippen LogP contribution is 2.23. The third kappa shape index (κ3) is 2.60. The molecule has 0 N–H and O–H groups in total. The Bertz CT molecular complexity index is 612. The second-order valence-electron chi connectivity index (χ2n) is 4.82. The Morgan fingerprint density at radius 1 is 1.33 bits per heavy atom. The van der Waals surface area contributed by atoms with Gasteiger partial charge in [-0.1, -0.05) is 13.8 Å². The summed E-state index contributed by atoms with van der Waals surface area (Å²) in [6.07, 6.45) is 0. The lowest BCUT2D eigenvalue weighted by Crippen LogP contribution is -2.04. The highest BCUT2D eigenvalue weighted by molar-refractivity contribution is 5.84. The van der Waals surface area contributed by atoms with Crippen LogP contribution in [-0.2, 0) is 0 Å². The predicted molar refractivity (Wildman–Crippen MR) is 71.5 cm³/mol. The molecule has 2 rings (SSSR count). The number of aromatic nitrogens is 1. The minimum Gasteiger partial charge on any atom is -0.493 e. The van der Waals surface area contributed by atoms with Crippen LogP contribution in [0.15, 0.2) is 24.3 Å². The van der Waals surface area contributed by atoms with Crippen LogP contribution in [0.1, 0.15) is 25.1 Å². The number of nitrogens with zero attached hydrogens (tertiary/aromatic N) is 2. The van der Waals surface area contributed by atoms with E-state index < -0.39 is 0 Å². The number of aryl methyl sites for hydroxylation is 1. The average Bonchev–Trinajstić information content (AvgIpc) is 2.36. The molecule has 0 saturated heterocycles. The molecule has 1 aromatic carbocycles. The molecule has 0 saturated carbocycles. The number of fused-ring (bicyclic) bond motifs is 1. The van der Waals surface area contributed by atoms with E-state index in [0.29, 0.717) is 18.2 Å². The Morgan fingerprint density at radius 2 is 2.11 bits per heavy atom. The van der Waals surface area contributed by atoms with Crippen LogP contribution in [0.25, 0.3) is 10.9 Å². The van der Waals surface area contributed by atoms with E-state index >= 15 is 0 Å². The summed E-state index contributed by atoms with van der Waals surface area (Å²) in [4.78, 5) is 4.27. The van der Waals surface area contributed by atoms with E-state index in [9.17, 15) is 0 Å². The minimum absolute atomic E-state index is 0.454. The van der Waals surface area contributed by atoms with Crippen molar-refractivity contribution in [2.75, 3.05) is 6.61 Å². The second-order valence-corrected chi connectivity index (χ2v) is 4.82. The molecule has 0 radical (unpaired) electrons. The average molecular weight is 240 g/mol. The normalized spacial score (nSPS) is 10.6. The number of pyridine rings is 1. The van der Waals surface area contributed by atoms with Crippen LogP contribution in [0.4, 0.5) is 0 Å². The first-order chi connectivity index (χ1) is 8.60. The molecule has 1 aromatic heterocycles. The highest BCUT2D eigenvalue weighted by atomic mass is 16.5. The lowest BCUT2D eigenvalue weighted by molar-refractivity contribution is 0.271. The van der Waals surface area contributed by atoms with Gasteiger partial charge in [0.1, 0.15) is 17.5 Å². The van der Waals surface area contributed by atoms with E-state index in [2.05, 4.69) is 24.9 Å². The van der Waals surface area contributed by atoms with Gasteiger partial charge in [-0.3, -0.25) is 0 Å². The van der Waals surface area contributed by atoms with Gasteiger partial charge in [0.2, 0.25) is 0 Å². The van der Waals surface area contributed by atoms with E-state index in [1.807, 2.05) is 25.1 Å². The van der Waals surface area contributed by atoms with Crippen LogP contribution in [0.5, 0.6) is 5.75 Å². The van der Waals surface area contributed by atoms with Crippen LogP contribution in [0.3, 0.4) is 0 Å². The summed E-state index contributed by atoms with van der Waals surface area (Å²) >= 11 is 0. The van der Waals surface area contributed by atoms with Gasteiger partial charge >= 0.3 is 0 Å². The molecular formula is C15H16N2O. The van der Waals surface area contributed by atoms with Crippen molar-refractivity contribution in [3.8, 4) is 11.8 Å². The number of nitriles is 1. The molecule has 18 heavy (non-hydrogen) atoms. The topological polar surface area (TPSA) is 45.9 Å². The van der Waals surface area contributed by atoms with Gasteiger partial charge in [0.15, 0.2) is 0 Å². The van der Waals surface area contributed by atoms with Crippen molar-refractivity contribution in [2.45, 2.75) is 20.8 Å². The molecule has 1 heterocycles. The number of ether oxygens (including phenoxy) is 1. The summed E-state index contributed by atoms with van der Waals surface area (Å²) in [6.45, 7) is 6.92. The maximum absolute atomic E-state index is 8.88. The molecule has 2 aromatic rings. The number of hydrogen-bond donors (Lipinski definition) is 0. The predicted octanol–water partition coefficient (Wildman–Crippen LogP) is 3.45. The molecule has 3 nitrogen and oxygen atoms in total. The van der Waals surface area contributed by atoms with Gasteiger partial charge in [0.05, 0.1) is 12.1 Å². The Balaban J connectivity index is 2.40. The number of rotatable bonds is 3. The maximum atomic E-state index is 8.88. The van der Waals surface area contributed by atoms with Crippen LogP contribution in [-0.4, -0.2) is 11.6 Å². The first kappa shape index (κ1) is 12.4. The van der Waals surface area contributed by atoms with Crippen molar-refractivity contribution in [3.05, 3.63) is 35.5 Å². The molecule has 0 aliphatic carbocycles. The summed E-state index contributed by atoms with van der Waals surface area (Å²) in [5.74, 6) is 1.35. The van der Waals surface area contributed by atoms with Gasteiger partial charge in [0.25, 0.3) is 0 Å². The summed E-state index contributed by atoms with van der Waals surface area (Å²) in [6, 6.07) is 9.66. The third-order valence-electron chi connectivity index (χ3n) is 2.68. The molecule has 0 amide bonds. The van der Waals surface area contributed by atoms with Crippen molar-refractivity contribution in [3.63, 3.8) is 0 Å². The first-order valence-electron chi connectivity index (χ1n) is 6.04. The largest absolute Gasteiger partial charge is 0.493 e. The standard InChI is InChI=1S/C15H16N2O/c1-10(2)9-18-13-4-5-15-14(7-13)11(3)6-12(8-16)17-15/h4-7,10H,9H2,1-3H3. The zero-order valence-electron chi connectivity index (χ0n) is 10.9. The molecule has 0 aliphatic heterocycles. The minimum atomic E-state index is 0.454. The van der Waals surface area contributed by atoms with Crippen LogP contribution in [0.2, 0.25) is 0 Å². The number of hydrogen-bond acceptors (Lipinski definition) is 3. The third-order valence-corrected chi connectivity index (χ3v) is 2.68. The molecule has 0 aliphatic rings. The SMILES string of the molecule is Cc1cc(C#N)nc2ccc(OCC(C)C)cc12. The van der Waals surface area contributed by atoms with E-state index in [1.165, 1.54) is 0 Å². The fourth-order valence-corrected chi connectivity index (χ4v) is 1.78. The lowest BCUT2D eigenvalue weighted by Gasteiger charge is -2.10. The van der Waals surface area contributed by atoms with Crippen LogP contribution >= 0.6 is 0 Å². The lowest BCUT2D eigenvalue weighted by atomic mass is 10.1. The van der Waals surface area contributed by atoms with Gasteiger partial charge in [-0.25, -0.2) is 4.98 Å².